The number of hydrogen-bond acceptors (Lipinski definition) is 2. The summed E-state index contributed by atoms with van der Waals surface area (Å²) in [6.45, 7) is 0. The van der Waals surface area contributed by atoms with Crippen molar-refractivity contribution in [3.8, 4) is 0 Å². The number of fused-ring (bicyclic) bond motifs is 1. The fraction of sp³-hybridized carbons (Fsp3) is 0.500. The number of benzene rings is 2. The van der Waals surface area contributed by atoms with Crippen LogP contribution in [0.4, 0.5) is 0 Å². The lowest BCUT2D eigenvalue weighted by Gasteiger charge is -2.30. The fourth-order valence-electron chi connectivity index (χ4n) is 5.44. The molecule has 0 aromatic heterocycles. The topological polar surface area (TPSA) is 86.2 Å². The van der Waals surface area contributed by atoms with Crippen LogP contribution in [0.3, 0.4) is 0 Å². The molecule has 2 aliphatic carbocycles. The van der Waals surface area contributed by atoms with Gasteiger partial charge in [0, 0.05) is 11.1 Å². The third kappa shape index (κ3) is 3.52. The van der Waals surface area contributed by atoms with Gasteiger partial charge in [0.1, 0.15) is 0 Å². The Labute approximate surface area is 166 Å². The van der Waals surface area contributed by atoms with Crippen molar-refractivity contribution in [3.05, 3.63) is 46.5 Å². The zero-order valence-electron chi connectivity index (χ0n) is 16.5. The van der Waals surface area contributed by atoms with Crippen LogP contribution in [0.15, 0.2) is 24.3 Å². The van der Waals surface area contributed by atoms with Gasteiger partial charge in [-0.15, -0.1) is 0 Å². The third-order valence-corrected chi connectivity index (χ3v) is 6.80. The van der Waals surface area contributed by atoms with Gasteiger partial charge in [0.2, 0.25) is 11.8 Å². The number of carbonyl (C=O) groups is 2. The van der Waals surface area contributed by atoms with E-state index in [1.54, 1.807) is 6.07 Å². The molecular weight excluding hydrogens is 348 g/mol. The van der Waals surface area contributed by atoms with Gasteiger partial charge in [0.25, 0.3) is 0 Å². The largest absolute Gasteiger partial charge is 0.366 e. The quantitative estimate of drug-likeness (QED) is 0.772. The van der Waals surface area contributed by atoms with E-state index in [9.17, 15) is 9.59 Å². The van der Waals surface area contributed by atoms with E-state index < -0.39 is 5.91 Å². The number of carbonyl (C=O) groups excluding carboxylic acids is 2. The van der Waals surface area contributed by atoms with Crippen molar-refractivity contribution in [2.24, 2.45) is 11.5 Å². The molecule has 2 amide bonds. The van der Waals surface area contributed by atoms with E-state index in [1.807, 2.05) is 12.1 Å². The van der Waals surface area contributed by atoms with Gasteiger partial charge in [-0.25, -0.2) is 0 Å². The van der Waals surface area contributed by atoms with E-state index in [1.165, 1.54) is 38.5 Å². The first-order valence-corrected chi connectivity index (χ1v) is 10.8. The van der Waals surface area contributed by atoms with Crippen molar-refractivity contribution in [2.45, 2.75) is 76.0 Å². The Hall–Kier alpha value is -2.36. The minimum Gasteiger partial charge on any atom is -0.366 e. The Kier molecular flexibility index (Phi) is 5.38. The highest BCUT2D eigenvalue weighted by Gasteiger charge is 2.29. The molecule has 4 rings (SSSR count). The number of rotatable bonds is 4. The Morgan fingerprint density at radius 1 is 0.750 bits per heavy atom. The number of hydrogen-bond donors (Lipinski definition) is 2. The van der Waals surface area contributed by atoms with Gasteiger partial charge in [-0.1, -0.05) is 50.7 Å². The Morgan fingerprint density at radius 2 is 1.36 bits per heavy atom. The van der Waals surface area contributed by atoms with Crippen LogP contribution in [0.5, 0.6) is 0 Å². The Bertz CT molecular complexity index is 906. The summed E-state index contributed by atoms with van der Waals surface area (Å²) >= 11 is 0. The van der Waals surface area contributed by atoms with Crippen molar-refractivity contribution in [1.82, 2.24) is 0 Å². The highest BCUT2D eigenvalue weighted by atomic mass is 16.1. The van der Waals surface area contributed by atoms with Gasteiger partial charge in [0.15, 0.2) is 0 Å². The molecule has 4 heteroatoms. The molecule has 0 unspecified atom stereocenters. The minimum atomic E-state index is -0.417. The van der Waals surface area contributed by atoms with E-state index >= 15 is 0 Å². The second-order valence-electron chi connectivity index (χ2n) is 8.59. The molecule has 2 saturated carbocycles. The van der Waals surface area contributed by atoms with E-state index in [0.717, 1.165) is 53.1 Å². The second kappa shape index (κ2) is 7.94. The highest BCUT2D eigenvalue weighted by molar-refractivity contribution is 6.05. The predicted octanol–water partition coefficient (Wildman–Crippen LogP) is 5.13. The van der Waals surface area contributed by atoms with Crippen molar-refractivity contribution in [2.75, 3.05) is 0 Å². The molecule has 0 atom stereocenters. The molecule has 2 aliphatic rings. The van der Waals surface area contributed by atoms with E-state index in [0.29, 0.717) is 17.4 Å². The normalized spacial score (nSPS) is 19.0. The molecular formula is C24H30N2O2. The van der Waals surface area contributed by atoms with Crippen LogP contribution < -0.4 is 11.5 Å². The summed E-state index contributed by atoms with van der Waals surface area (Å²) in [5, 5.41) is 2.08. The number of primary amides is 2. The highest BCUT2D eigenvalue weighted by Crippen LogP contribution is 2.44. The van der Waals surface area contributed by atoms with Crippen molar-refractivity contribution in [1.29, 1.82) is 0 Å². The van der Waals surface area contributed by atoms with Gasteiger partial charge in [-0.3, -0.25) is 9.59 Å². The molecule has 0 bridgehead atoms. The summed E-state index contributed by atoms with van der Waals surface area (Å²) in [7, 11) is 0. The van der Waals surface area contributed by atoms with Gasteiger partial charge >= 0.3 is 0 Å². The molecule has 0 saturated heterocycles. The lowest BCUT2D eigenvalue weighted by molar-refractivity contribution is 0.0989. The molecule has 148 valence electrons. The maximum Gasteiger partial charge on any atom is 0.249 e. The maximum absolute atomic E-state index is 12.7. The average molecular weight is 379 g/mol. The van der Waals surface area contributed by atoms with Crippen molar-refractivity contribution >= 4 is 22.6 Å². The van der Waals surface area contributed by atoms with Crippen LogP contribution >= 0.6 is 0 Å². The molecule has 2 aromatic rings. The van der Waals surface area contributed by atoms with Crippen LogP contribution in [-0.4, -0.2) is 11.8 Å². The monoisotopic (exact) mass is 378 g/mol. The number of nitrogens with two attached hydrogens (primary N) is 2. The predicted molar refractivity (Wildman–Crippen MR) is 113 cm³/mol. The van der Waals surface area contributed by atoms with Crippen molar-refractivity contribution in [3.63, 3.8) is 0 Å². The van der Waals surface area contributed by atoms with Gasteiger partial charge < -0.3 is 11.5 Å². The summed E-state index contributed by atoms with van der Waals surface area (Å²) in [4.78, 5) is 24.4. The standard InChI is InChI=1S/C24H30N2O2/c25-23(27)17-11-12-19-18(13-17)14-20(15-7-3-1-4-8-15)22(24(26)28)21(19)16-9-5-2-6-10-16/h11-16H,1-10H2,(H2,25,27)(H2,26,28). The molecule has 28 heavy (non-hydrogen) atoms. The first kappa shape index (κ1) is 19.0. The van der Waals surface area contributed by atoms with Crippen LogP contribution in [0.2, 0.25) is 0 Å². The Balaban J connectivity index is 1.98. The number of amides is 2. The summed E-state index contributed by atoms with van der Waals surface area (Å²) in [5.41, 5.74) is 15.0. The summed E-state index contributed by atoms with van der Waals surface area (Å²) < 4.78 is 0. The van der Waals surface area contributed by atoms with Gasteiger partial charge in [-0.05, 0) is 71.6 Å². The first-order valence-electron chi connectivity index (χ1n) is 10.8. The smallest absolute Gasteiger partial charge is 0.249 e. The van der Waals surface area contributed by atoms with Crippen LogP contribution in [0.1, 0.15) is 108 Å². The molecule has 2 aromatic carbocycles. The molecule has 4 nitrogen and oxygen atoms in total. The average Bonchev–Trinajstić information content (AvgIpc) is 2.73. The van der Waals surface area contributed by atoms with E-state index in [4.69, 9.17) is 11.5 Å². The molecule has 0 spiro atoms. The maximum atomic E-state index is 12.7. The molecule has 2 fully saturated rings. The van der Waals surface area contributed by atoms with E-state index in [-0.39, 0.29) is 5.91 Å². The zero-order valence-corrected chi connectivity index (χ0v) is 16.5. The summed E-state index contributed by atoms with van der Waals surface area (Å²) in [6.07, 6.45) is 11.7. The fourth-order valence-corrected chi connectivity index (χ4v) is 5.44. The second-order valence-corrected chi connectivity index (χ2v) is 8.59. The van der Waals surface area contributed by atoms with Gasteiger partial charge in [0.05, 0.1) is 0 Å². The summed E-state index contributed by atoms with van der Waals surface area (Å²) in [6, 6.07) is 7.75. The van der Waals surface area contributed by atoms with Crippen LogP contribution in [-0.2, 0) is 0 Å². The van der Waals surface area contributed by atoms with E-state index in [2.05, 4.69) is 6.07 Å². The first-order chi connectivity index (χ1) is 13.6. The summed E-state index contributed by atoms with van der Waals surface area (Å²) in [5.74, 6) is 0.0169. The lowest BCUT2D eigenvalue weighted by Crippen LogP contribution is -2.22. The lowest BCUT2D eigenvalue weighted by atomic mass is 9.74. The van der Waals surface area contributed by atoms with Gasteiger partial charge in [-0.2, -0.15) is 0 Å². The molecule has 0 radical (unpaired) electrons. The molecule has 0 heterocycles. The van der Waals surface area contributed by atoms with Crippen molar-refractivity contribution < 1.29 is 9.59 Å². The van der Waals surface area contributed by atoms with Crippen LogP contribution in [0.25, 0.3) is 10.8 Å². The minimum absolute atomic E-state index is 0.304. The Morgan fingerprint density at radius 3 is 1.93 bits per heavy atom. The SMILES string of the molecule is NC(=O)c1ccc2c(C3CCCCC3)c(C(N)=O)c(C3CCCCC3)cc2c1. The third-order valence-electron chi connectivity index (χ3n) is 6.80. The zero-order chi connectivity index (χ0) is 19.7. The molecule has 0 aliphatic heterocycles. The van der Waals surface area contributed by atoms with Crippen LogP contribution in [0, 0.1) is 0 Å². The molecule has 4 N–H and O–H groups in total.